The van der Waals surface area contributed by atoms with E-state index in [1.807, 2.05) is 23.1 Å². The van der Waals surface area contributed by atoms with Gasteiger partial charge in [-0.3, -0.25) is 4.79 Å². The third kappa shape index (κ3) is 3.19. The molecule has 1 aromatic rings. The molecule has 1 unspecified atom stereocenters. The predicted molar refractivity (Wildman–Crippen MR) is 87.4 cm³/mol. The van der Waals surface area contributed by atoms with Crippen LogP contribution in [-0.4, -0.2) is 56.7 Å². The van der Waals surface area contributed by atoms with Gasteiger partial charge in [0.1, 0.15) is 5.75 Å². The van der Waals surface area contributed by atoms with Gasteiger partial charge >= 0.3 is 0 Å². The predicted octanol–water partition coefficient (Wildman–Crippen LogP) is 1.49. The van der Waals surface area contributed by atoms with Crippen LogP contribution in [0.5, 0.6) is 5.75 Å². The van der Waals surface area contributed by atoms with E-state index in [1.54, 1.807) is 7.11 Å². The van der Waals surface area contributed by atoms with Crippen molar-refractivity contribution >= 4 is 11.6 Å². The fraction of sp³-hybridized carbons (Fsp3) is 0.588. The van der Waals surface area contributed by atoms with Gasteiger partial charge in [-0.05, 0) is 31.5 Å². The first-order valence-electron chi connectivity index (χ1n) is 8.20. The molecule has 1 N–H and O–H groups in total. The highest BCUT2D eigenvalue weighted by atomic mass is 16.5. The number of rotatable bonds is 3. The van der Waals surface area contributed by atoms with Crippen LogP contribution in [0.4, 0.5) is 5.69 Å². The van der Waals surface area contributed by atoms with Crippen LogP contribution in [0, 0.1) is 0 Å². The van der Waals surface area contributed by atoms with Crippen LogP contribution >= 0.6 is 0 Å². The Kier molecular flexibility index (Phi) is 4.83. The standard InChI is InChI=1S/C17H25N3O2/c1-22-16-8-3-2-7-15(16)19-10-12-20(13-11-19)17(21)14-6-4-5-9-18-14/h2-3,7-8,14,18H,4-6,9-13H2,1H3. The molecule has 0 aromatic heterocycles. The minimum absolute atomic E-state index is 0.0339. The maximum absolute atomic E-state index is 12.5. The number of carbonyl (C=O) groups excluding carboxylic acids is 1. The van der Waals surface area contributed by atoms with Gasteiger partial charge in [0.05, 0.1) is 18.8 Å². The van der Waals surface area contributed by atoms with E-state index < -0.39 is 0 Å². The number of nitrogens with one attached hydrogen (secondary N) is 1. The third-order valence-corrected chi connectivity index (χ3v) is 4.63. The van der Waals surface area contributed by atoms with Crippen molar-refractivity contribution < 1.29 is 9.53 Å². The van der Waals surface area contributed by atoms with E-state index in [0.717, 1.165) is 57.0 Å². The summed E-state index contributed by atoms with van der Waals surface area (Å²) < 4.78 is 5.44. The van der Waals surface area contributed by atoms with Crippen molar-refractivity contribution in [3.05, 3.63) is 24.3 Å². The fourth-order valence-electron chi connectivity index (χ4n) is 3.34. The number of para-hydroxylation sites is 2. The summed E-state index contributed by atoms with van der Waals surface area (Å²) in [4.78, 5) is 16.9. The topological polar surface area (TPSA) is 44.8 Å². The summed E-state index contributed by atoms with van der Waals surface area (Å²) in [6, 6.07) is 8.11. The molecule has 5 nitrogen and oxygen atoms in total. The summed E-state index contributed by atoms with van der Waals surface area (Å²) in [7, 11) is 1.70. The van der Waals surface area contributed by atoms with Crippen LogP contribution in [0.1, 0.15) is 19.3 Å². The zero-order valence-corrected chi connectivity index (χ0v) is 13.3. The molecule has 1 amide bonds. The van der Waals surface area contributed by atoms with Gasteiger partial charge in [-0.1, -0.05) is 18.6 Å². The van der Waals surface area contributed by atoms with Crippen molar-refractivity contribution in [2.75, 3.05) is 44.7 Å². The zero-order valence-electron chi connectivity index (χ0n) is 13.3. The van der Waals surface area contributed by atoms with Crippen molar-refractivity contribution in [2.45, 2.75) is 25.3 Å². The van der Waals surface area contributed by atoms with E-state index in [1.165, 1.54) is 6.42 Å². The highest BCUT2D eigenvalue weighted by molar-refractivity contribution is 5.82. The lowest BCUT2D eigenvalue weighted by atomic mass is 10.0. The number of amides is 1. The average molecular weight is 303 g/mol. The Bertz CT molecular complexity index is 506. The van der Waals surface area contributed by atoms with Gasteiger partial charge in [-0.2, -0.15) is 0 Å². The second-order valence-electron chi connectivity index (χ2n) is 5.99. The van der Waals surface area contributed by atoms with Crippen LogP contribution in [0.25, 0.3) is 0 Å². The Balaban J connectivity index is 1.59. The molecule has 120 valence electrons. The minimum Gasteiger partial charge on any atom is -0.495 e. The van der Waals surface area contributed by atoms with Gasteiger partial charge in [-0.25, -0.2) is 0 Å². The lowest BCUT2D eigenvalue weighted by Gasteiger charge is -2.38. The molecule has 2 aliphatic heterocycles. The van der Waals surface area contributed by atoms with Crippen LogP contribution in [0.3, 0.4) is 0 Å². The Labute approximate surface area is 132 Å². The summed E-state index contributed by atoms with van der Waals surface area (Å²) in [5, 5.41) is 3.35. The molecule has 2 fully saturated rings. The monoisotopic (exact) mass is 303 g/mol. The van der Waals surface area contributed by atoms with E-state index in [2.05, 4.69) is 16.3 Å². The lowest BCUT2D eigenvalue weighted by Crippen LogP contribution is -2.55. The highest BCUT2D eigenvalue weighted by Gasteiger charge is 2.28. The summed E-state index contributed by atoms with van der Waals surface area (Å²) in [6.45, 7) is 4.26. The van der Waals surface area contributed by atoms with E-state index >= 15 is 0 Å². The van der Waals surface area contributed by atoms with Gasteiger partial charge in [0.25, 0.3) is 0 Å². The van der Waals surface area contributed by atoms with Gasteiger partial charge in [0.15, 0.2) is 0 Å². The summed E-state index contributed by atoms with van der Waals surface area (Å²) >= 11 is 0. The SMILES string of the molecule is COc1ccccc1N1CCN(C(=O)C2CCCCN2)CC1. The molecule has 0 radical (unpaired) electrons. The van der Waals surface area contributed by atoms with E-state index in [0.29, 0.717) is 0 Å². The Morgan fingerprint density at radius 3 is 2.64 bits per heavy atom. The summed E-state index contributed by atoms with van der Waals surface area (Å²) in [5.74, 6) is 1.18. The van der Waals surface area contributed by atoms with Crippen LogP contribution < -0.4 is 15.0 Å². The maximum Gasteiger partial charge on any atom is 0.239 e. The molecule has 0 saturated carbocycles. The molecule has 1 atom stereocenters. The molecule has 0 bridgehead atoms. The molecule has 5 heteroatoms. The molecule has 2 aliphatic rings. The first-order chi connectivity index (χ1) is 10.8. The van der Waals surface area contributed by atoms with Crippen molar-refractivity contribution in [2.24, 2.45) is 0 Å². The maximum atomic E-state index is 12.5. The van der Waals surface area contributed by atoms with Crippen molar-refractivity contribution in [1.29, 1.82) is 0 Å². The van der Waals surface area contributed by atoms with E-state index in [-0.39, 0.29) is 11.9 Å². The number of nitrogens with zero attached hydrogens (tertiary/aromatic N) is 2. The molecule has 1 aromatic carbocycles. The Morgan fingerprint density at radius 2 is 1.95 bits per heavy atom. The van der Waals surface area contributed by atoms with Gasteiger partial charge in [-0.15, -0.1) is 0 Å². The number of piperidine rings is 1. The molecular weight excluding hydrogens is 278 g/mol. The Morgan fingerprint density at radius 1 is 1.18 bits per heavy atom. The second kappa shape index (κ2) is 7.01. The largest absolute Gasteiger partial charge is 0.495 e. The zero-order chi connectivity index (χ0) is 15.4. The van der Waals surface area contributed by atoms with Gasteiger partial charge in [0, 0.05) is 26.2 Å². The van der Waals surface area contributed by atoms with Crippen LogP contribution in [0.15, 0.2) is 24.3 Å². The molecule has 3 rings (SSSR count). The minimum atomic E-state index is 0.0339. The summed E-state index contributed by atoms with van der Waals surface area (Å²) in [6.07, 6.45) is 3.32. The van der Waals surface area contributed by atoms with E-state index in [4.69, 9.17) is 4.74 Å². The quantitative estimate of drug-likeness (QED) is 0.919. The number of carbonyl (C=O) groups is 1. The Hall–Kier alpha value is -1.75. The smallest absolute Gasteiger partial charge is 0.239 e. The number of anilines is 1. The lowest BCUT2D eigenvalue weighted by molar-refractivity contribution is -0.134. The summed E-state index contributed by atoms with van der Waals surface area (Å²) in [5.41, 5.74) is 1.12. The van der Waals surface area contributed by atoms with E-state index in [9.17, 15) is 4.79 Å². The molecule has 2 heterocycles. The number of ether oxygens (including phenoxy) is 1. The van der Waals surface area contributed by atoms with Crippen molar-refractivity contribution in [1.82, 2.24) is 10.2 Å². The first kappa shape index (κ1) is 15.2. The highest BCUT2D eigenvalue weighted by Crippen LogP contribution is 2.28. The fourth-order valence-corrected chi connectivity index (χ4v) is 3.34. The van der Waals surface area contributed by atoms with Crippen LogP contribution in [-0.2, 0) is 4.79 Å². The molecule has 0 aliphatic carbocycles. The first-order valence-corrected chi connectivity index (χ1v) is 8.20. The van der Waals surface area contributed by atoms with Crippen molar-refractivity contribution in [3.8, 4) is 5.75 Å². The number of methoxy groups -OCH3 is 1. The number of hydrogen-bond donors (Lipinski definition) is 1. The third-order valence-electron chi connectivity index (χ3n) is 4.63. The number of benzene rings is 1. The number of hydrogen-bond acceptors (Lipinski definition) is 4. The molecule has 2 saturated heterocycles. The molecule has 22 heavy (non-hydrogen) atoms. The number of piperazine rings is 1. The average Bonchev–Trinajstić information content (AvgIpc) is 2.62. The van der Waals surface area contributed by atoms with Gasteiger partial charge < -0.3 is 19.9 Å². The molecular formula is C17H25N3O2. The van der Waals surface area contributed by atoms with Crippen molar-refractivity contribution in [3.63, 3.8) is 0 Å². The molecule has 0 spiro atoms. The van der Waals surface area contributed by atoms with Crippen LogP contribution in [0.2, 0.25) is 0 Å². The van der Waals surface area contributed by atoms with Gasteiger partial charge in [0.2, 0.25) is 5.91 Å². The normalized spacial score (nSPS) is 22.5. The second-order valence-corrected chi connectivity index (χ2v) is 5.99.